The molecule has 0 aliphatic carbocycles. The molecule has 2 aromatic heterocycles. The number of rotatable bonds is 12. The van der Waals surface area contributed by atoms with Crippen LogP contribution in [0.15, 0.2) is 35.4 Å². The van der Waals surface area contributed by atoms with Gasteiger partial charge in [0.1, 0.15) is 18.0 Å². The van der Waals surface area contributed by atoms with Crippen LogP contribution in [-0.4, -0.2) is 62.5 Å². The average Bonchev–Trinajstić information content (AvgIpc) is 2.92. The van der Waals surface area contributed by atoms with Crippen LogP contribution in [0.3, 0.4) is 0 Å². The van der Waals surface area contributed by atoms with Gasteiger partial charge in [0.15, 0.2) is 0 Å². The van der Waals surface area contributed by atoms with E-state index in [0.717, 1.165) is 21.4 Å². The van der Waals surface area contributed by atoms with E-state index in [4.69, 9.17) is 0 Å². The van der Waals surface area contributed by atoms with Crippen molar-refractivity contribution in [3.8, 4) is 11.1 Å². The highest BCUT2D eigenvalue weighted by molar-refractivity contribution is 5.82. The number of nitrogens with zero attached hydrogens (tertiary/aromatic N) is 4. The molecule has 1 fully saturated rings. The molecule has 44 heavy (non-hydrogen) atoms. The molecule has 0 spiro atoms. The molecule has 1 aliphatic heterocycles. The smallest absolute Gasteiger partial charge is 0.305 e. The third-order valence-electron chi connectivity index (χ3n) is 8.02. The second-order valence-corrected chi connectivity index (χ2v) is 12.3. The van der Waals surface area contributed by atoms with E-state index in [1.165, 1.54) is 0 Å². The standard InChI is InChI=1S/C33H41F2N5O4/c1-18(2)9-28(40-33(44)20(4)11-25(38-40)7-8-39-16-24(34)17-39)32(43)37-27(13-29(41)42)26-12-23(10-19(3)31(26)35)30-21(5)14-36-15-22(30)6/h10-12,14-15,18,24,27-28H,7-9,13,16-17H2,1-6H3,(H,37,43)(H,41,42)/t27-,28-/m0/s1. The molecule has 2 atom stereocenters. The van der Waals surface area contributed by atoms with Gasteiger partial charge < -0.3 is 10.4 Å². The molecule has 0 bridgehead atoms. The van der Waals surface area contributed by atoms with E-state index in [9.17, 15) is 23.9 Å². The van der Waals surface area contributed by atoms with E-state index in [1.54, 1.807) is 44.4 Å². The van der Waals surface area contributed by atoms with E-state index >= 15 is 4.39 Å². The van der Waals surface area contributed by atoms with Crippen LogP contribution in [0.1, 0.15) is 72.3 Å². The van der Waals surface area contributed by atoms with Gasteiger partial charge in [-0.1, -0.05) is 13.8 Å². The van der Waals surface area contributed by atoms with Crippen LogP contribution in [-0.2, 0) is 16.0 Å². The number of carboxylic acids is 1. The molecule has 1 aliphatic rings. The van der Waals surface area contributed by atoms with Crippen molar-refractivity contribution >= 4 is 11.9 Å². The summed E-state index contributed by atoms with van der Waals surface area (Å²) in [6, 6.07) is 2.68. The van der Waals surface area contributed by atoms with Crippen molar-refractivity contribution in [2.24, 2.45) is 5.92 Å². The van der Waals surface area contributed by atoms with E-state index in [0.29, 0.717) is 48.4 Å². The van der Waals surface area contributed by atoms with E-state index in [1.807, 2.05) is 32.6 Å². The third-order valence-corrected chi connectivity index (χ3v) is 8.02. The molecule has 3 heterocycles. The first-order valence-electron chi connectivity index (χ1n) is 14.9. The first kappa shape index (κ1) is 32.9. The van der Waals surface area contributed by atoms with Gasteiger partial charge in [0.25, 0.3) is 5.56 Å². The minimum absolute atomic E-state index is 0.0242. The van der Waals surface area contributed by atoms with Crippen LogP contribution in [0.2, 0.25) is 0 Å². The van der Waals surface area contributed by atoms with Gasteiger partial charge in [-0.15, -0.1) is 0 Å². The Balaban J connectivity index is 1.71. The van der Waals surface area contributed by atoms with Gasteiger partial charge in [0.2, 0.25) is 5.91 Å². The number of hydrogen-bond donors (Lipinski definition) is 2. The number of halogens is 2. The second kappa shape index (κ2) is 13.8. The number of aryl methyl sites for hydroxylation is 4. The van der Waals surface area contributed by atoms with E-state index in [2.05, 4.69) is 15.4 Å². The van der Waals surface area contributed by atoms with Gasteiger partial charge in [-0.2, -0.15) is 5.10 Å². The number of aromatic nitrogens is 3. The predicted octanol–water partition coefficient (Wildman–Crippen LogP) is 4.79. The summed E-state index contributed by atoms with van der Waals surface area (Å²) in [5.41, 5.74) is 4.18. The first-order chi connectivity index (χ1) is 20.7. The maximum Gasteiger partial charge on any atom is 0.305 e. The maximum absolute atomic E-state index is 15.7. The summed E-state index contributed by atoms with van der Waals surface area (Å²) in [6.45, 7) is 12.1. The fourth-order valence-electron chi connectivity index (χ4n) is 5.80. The zero-order chi connectivity index (χ0) is 32.3. The zero-order valence-electron chi connectivity index (χ0n) is 26.2. The number of nitrogens with one attached hydrogen (secondary N) is 1. The number of carbonyl (C=O) groups excluding carboxylic acids is 1. The van der Waals surface area contributed by atoms with Gasteiger partial charge in [-0.3, -0.25) is 24.3 Å². The first-order valence-corrected chi connectivity index (χ1v) is 14.9. The molecule has 0 radical (unpaired) electrons. The number of alkyl halides is 1. The lowest BCUT2D eigenvalue weighted by molar-refractivity contribution is -0.138. The lowest BCUT2D eigenvalue weighted by Crippen LogP contribution is -2.49. The van der Waals surface area contributed by atoms with E-state index < -0.39 is 47.9 Å². The molecule has 236 valence electrons. The number of likely N-dealkylation sites (tertiary alicyclic amines) is 1. The van der Waals surface area contributed by atoms with Gasteiger partial charge >= 0.3 is 5.97 Å². The Hall–Kier alpha value is -3.99. The third kappa shape index (κ3) is 7.56. The molecule has 9 nitrogen and oxygen atoms in total. The van der Waals surface area contributed by atoms with Crippen LogP contribution in [0.4, 0.5) is 8.78 Å². The normalized spacial score (nSPS) is 15.2. The highest BCUT2D eigenvalue weighted by Gasteiger charge is 2.31. The maximum atomic E-state index is 15.7. The highest BCUT2D eigenvalue weighted by Crippen LogP contribution is 2.33. The summed E-state index contributed by atoms with van der Waals surface area (Å²) >= 11 is 0. The van der Waals surface area contributed by atoms with Crippen LogP contribution in [0.5, 0.6) is 0 Å². The van der Waals surface area contributed by atoms with Crippen molar-refractivity contribution in [1.82, 2.24) is 25.0 Å². The average molecular weight is 610 g/mol. The Labute approximate surface area is 256 Å². The molecule has 0 unspecified atom stereocenters. The molecular formula is C33H41F2N5O4. The topological polar surface area (TPSA) is 117 Å². The molecule has 1 aromatic carbocycles. The van der Waals surface area contributed by atoms with Crippen molar-refractivity contribution < 1.29 is 23.5 Å². The van der Waals surface area contributed by atoms with Crippen molar-refractivity contribution in [2.45, 2.75) is 79.1 Å². The largest absolute Gasteiger partial charge is 0.481 e. The van der Waals surface area contributed by atoms with Crippen LogP contribution >= 0.6 is 0 Å². The SMILES string of the molecule is Cc1cc(-c2c(C)cncc2C)cc([C@H](CC(=O)O)NC(=O)[C@H](CC(C)C)n2nc(CCN3CC(F)C3)cc(C)c2=O)c1F. The number of aliphatic carboxylic acids is 1. The molecule has 0 saturated carbocycles. The van der Waals surface area contributed by atoms with Crippen molar-refractivity contribution in [3.63, 3.8) is 0 Å². The Morgan fingerprint density at radius 1 is 1.05 bits per heavy atom. The van der Waals surface area contributed by atoms with Gasteiger partial charge in [0.05, 0.1) is 18.2 Å². The Morgan fingerprint density at radius 2 is 1.70 bits per heavy atom. The van der Waals surface area contributed by atoms with Crippen molar-refractivity contribution in [3.05, 3.63) is 80.3 Å². The monoisotopic (exact) mass is 609 g/mol. The number of pyridine rings is 1. The fraction of sp³-hybridized carbons (Fsp3) is 0.485. The summed E-state index contributed by atoms with van der Waals surface area (Å²) in [6.07, 6.45) is 2.72. The van der Waals surface area contributed by atoms with Crippen LogP contribution in [0.25, 0.3) is 11.1 Å². The summed E-state index contributed by atoms with van der Waals surface area (Å²) < 4.78 is 30.1. The predicted molar refractivity (Wildman–Crippen MR) is 164 cm³/mol. The van der Waals surface area contributed by atoms with Gasteiger partial charge in [-0.25, -0.2) is 13.5 Å². The number of hydrogen-bond acceptors (Lipinski definition) is 6. The minimum Gasteiger partial charge on any atom is -0.481 e. The highest BCUT2D eigenvalue weighted by atomic mass is 19.1. The quantitative estimate of drug-likeness (QED) is 0.303. The summed E-state index contributed by atoms with van der Waals surface area (Å²) in [4.78, 5) is 45.4. The number of carbonyl (C=O) groups is 2. The van der Waals surface area contributed by atoms with Crippen LogP contribution in [0, 0.1) is 39.4 Å². The minimum atomic E-state index is -1.22. The van der Waals surface area contributed by atoms with Gasteiger partial charge in [0, 0.05) is 49.6 Å². The molecule has 4 rings (SSSR count). The van der Waals surface area contributed by atoms with E-state index in [-0.39, 0.29) is 17.9 Å². The number of amides is 1. The number of benzene rings is 1. The molecule has 3 aromatic rings. The molecule has 1 amide bonds. The summed E-state index contributed by atoms with van der Waals surface area (Å²) in [5.74, 6) is -2.48. The van der Waals surface area contributed by atoms with Crippen molar-refractivity contribution in [2.75, 3.05) is 19.6 Å². The Morgan fingerprint density at radius 3 is 2.30 bits per heavy atom. The Kier molecular flexibility index (Phi) is 10.3. The molecule has 11 heteroatoms. The van der Waals surface area contributed by atoms with Crippen molar-refractivity contribution in [1.29, 1.82) is 0 Å². The van der Waals surface area contributed by atoms with Gasteiger partial charge in [-0.05, 0) is 86.1 Å². The lowest BCUT2D eigenvalue weighted by atomic mass is 9.91. The molecule has 2 N–H and O–H groups in total. The number of carboxylic acid groups (broad SMARTS) is 1. The second-order valence-electron chi connectivity index (χ2n) is 12.3. The zero-order valence-corrected chi connectivity index (χ0v) is 26.2. The molecular weight excluding hydrogens is 568 g/mol. The van der Waals surface area contributed by atoms with Crippen LogP contribution < -0.4 is 10.9 Å². The summed E-state index contributed by atoms with van der Waals surface area (Å²) in [7, 11) is 0. The molecule has 1 saturated heterocycles. The summed E-state index contributed by atoms with van der Waals surface area (Å²) in [5, 5.41) is 17.1. The fourth-order valence-corrected chi connectivity index (χ4v) is 5.80. The lowest BCUT2D eigenvalue weighted by Gasteiger charge is -2.34. The Bertz CT molecular complexity index is 1580.